The zero-order chi connectivity index (χ0) is 57.6. The molecule has 0 fully saturated rings. The highest BCUT2D eigenvalue weighted by molar-refractivity contribution is 7.99. The fourth-order valence-corrected chi connectivity index (χ4v) is 18.6. The van der Waals surface area contributed by atoms with Gasteiger partial charge in [-0.1, -0.05) is 277 Å². The summed E-state index contributed by atoms with van der Waals surface area (Å²) in [5.74, 6) is 0. The van der Waals surface area contributed by atoms with Crippen LogP contribution < -0.4 is 4.90 Å². The Kier molecular flexibility index (Phi) is 10.3. The molecule has 11 aromatic carbocycles. The minimum Gasteiger partial charge on any atom is -0.330 e. The molecule has 0 saturated carbocycles. The van der Waals surface area contributed by atoms with Gasteiger partial charge >= 0.3 is 0 Å². The van der Waals surface area contributed by atoms with Gasteiger partial charge in [0, 0.05) is 21.2 Å². The van der Waals surface area contributed by atoms with Gasteiger partial charge in [-0.05, 0) is 188 Å². The molecule has 2 spiro atoms. The molecule has 1 nitrogen and oxygen atoms in total. The summed E-state index contributed by atoms with van der Waals surface area (Å²) in [5.41, 5.74) is 33.7. The van der Waals surface area contributed by atoms with E-state index in [4.69, 9.17) is 0 Å². The third kappa shape index (κ3) is 6.43. The zero-order valence-corrected chi connectivity index (χ0v) is 50.4. The number of allylic oxidation sites excluding steroid dienone is 4. The van der Waals surface area contributed by atoms with Gasteiger partial charge in [-0.2, -0.15) is 0 Å². The van der Waals surface area contributed by atoms with Crippen molar-refractivity contribution in [1.29, 1.82) is 0 Å². The lowest BCUT2D eigenvalue weighted by Gasteiger charge is -2.42. The maximum Gasteiger partial charge on any atom is 0.0855 e. The standard InChI is InChI=1S/C84H65NS/c1-80(2,3)53-37-41-61-62-42-38-54(81(4,5)6)48-72(62)84(71(61)47-53)70-35-21-22-36-75(70)86-76-46-45-65-77(78(76)84)79(65)85(55-39-43-63-59-29-13-17-31-66(59)82(73(63)49-55,51-23-9-7-10-24-51)52-25-11-8-12-26-52)56-40-44-64-60-30-16-20-34-69(60)83(74(64)50-56)67-32-18-14-27-57(67)58-28-15-19-33-68(58)83/h7-37,39-41,43-50,79H,38,42H2,1-6H3. The number of fused-ring (bicyclic) bond motifs is 23. The van der Waals surface area contributed by atoms with Crippen LogP contribution in [0.15, 0.2) is 276 Å². The first-order valence-electron chi connectivity index (χ1n) is 31.1. The normalized spacial score (nSPS) is 18.6. The Morgan fingerprint density at radius 2 is 0.837 bits per heavy atom. The molecule has 0 amide bonds. The fourth-order valence-electron chi connectivity index (χ4n) is 17.4. The quantitative estimate of drug-likeness (QED) is 0.169. The molecule has 0 saturated heterocycles. The Bertz CT molecular complexity index is 4620. The predicted molar refractivity (Wildman–Crippen MR) is 356 cm³/mol. The molecule has 1 aliphatic heterocycles. The first-order valence-corrected chi connectivity index (χ1v) is 31.9. The lowest BCUT2D eigenvalue weighted by molar-refractivity contribution is 0.480. The van der Waals surface area contributed by atoms with E-state index in [-0.39, 0.29) is 16.9 Å². The van der Waals surface area contributed by atoms with Crippen LogP contribution in [0.1, 0.15) is 144 Å². The molecule has 1 heterocycles. The second-order valence-electron chi connectivity index (χ2n) is 27.3. The second kappa shape index (κ2) is 17.6. The molecule has 18 rings (SSSR count). The van der Waals surface area contributed by atoms with Crippen molar-refractivity contribution < 1.29 is 0 Å². The molecule has 86 heavy (non-hydrogen) atoms. The van der Waals surface area contributed by atoms with Gasteiger partial charge in [-0.3, -0.25) is 0 Å². The highest BCUT2D eigenvalue weighted by Gasteiger charge is 2.59. The molecular weight excluding hydrogens is 1050 g/mol. The van der Waals surface area contributed by atoms with Gasteiger partial charge in [0.05, 0.1) is 22.3 Å². The zero-order valence-electron chi connectivity index (χ0n) is 49.6. The maximum absolute atomic E-state index is 2.78. The molecule has 0 aromatic heterocycles. The molecule has 7 aliphatic rings. The van der Waals surface area contributed by atoms with Gasteiger partial charge < -0.3 is 4.90 Å². The Morgan fingerprint density at radius 3 is 1.38 bits per heavy atom. The summed E-state index contributed by atoms with van der Waals surface area (Å²) < 4.78 is 0. The minimum atomic E-state index is -0.573. The Balaban J connectivity index is 0.933. The van der Waals surface area contributed by atoms with Gasteiger partial charge in [0.1, 0.15) is 0 Å². The van der Waals surface area contributed by atoms with E-state index < -0.39 is 16.2 Å². The van der Waals surface area contributed by atoms with E-state index in [2.05, 4.69) is 301 Å². The first kappa shape index (κ1) is 50.4. The molecule has 0 radical (unpaired) electrons. The van der Waals surface area contributed by atoms with E-state index >= 15 is 0 Å². The number of hydrogen-bond acceptors (Lipinski definition) is 2. The van der Waals surface area contributed by atoms with Crippen LogP contribution in [0.25, 0.3) is 39.0 Å². The SMILES string of the molecule is CC(C)(C)C1=CC2=C(CC1)c1ccc(C(C)(C)C)cc1C21c2ccccc2Sc2ccc3c(c21)C3N(c1ccc2c(c1)C(c1ccccc1)(c1ccccc1)c1ccccc1-2)c1ccc2c(c1)C1(c3ccccc3-c3ccccc31)c1ccccc1-2. The lowest BCUT2D eigenvalue weighted by atomic mass is 9.64. The van der Waals surface area contributed by atoms with Crippen LogP contribution >= 0.6 is 11.8 Å². The topological polar surface area (TPSA) is 3.24 Å². The van der Waals surface area contributed by atoms with E-state index in [0.29, 0.717) is 0 Å². The predicted octanol–water partition coefficient (Wildman–Crippen LogP) is 21.3. The number of nitrogens with zero attached hydrogens (tertiary/aromatic N) is 1. The van der Waals surface area contributed by atoms with Crippen molar-refractivity contribution in [3.63, 3.8) is 0 Å². The van der Waals surface area contributed by atoms with Gasteiger partial charge in [0.15, 0.2) is 0 Å². The fraction of sp³-hybridized carbons (Fsp3) is 0.167. The van der Waals surface area contributed by atoms with Gasteiger partial charge in [0.2, 0.25) is 0 Å². The van der Waals surface area contributed by atoms with Crippen molar-refractivity contribution in [1.82, 2.24) is 0 Å². The maximum atomic E-state index is 2.78. The molecule has 0 bridgehead atoms. The van der Waals surface area contributed by atoms with Gasteiger partial charge in [-0.25, -0.2) is 0 Å². The summed E-state index contributed by atoms with van der Waals surface area (Å²) in [6, 6.07) is 96.7. The van der Waals surface area contributed by atoms with Crippen LogP contribution in [0.5, 0.6) is 0 Å². The smallest absolute Gasteiger partial charge is 0.0855 e. The van der Waals surface area contributed by atoms with Crippen LogP contribution in [0, 0.1) is 5.41 Å². The van der Waals surface area contributed by atoms with Crippen LogP contribution in [0.4, 0.5) is 11.4 Å². The highest BCUT2D eigenvalue weighted by Crippen LogP contribution is 2.70. The Morgan fingerprint density at radius 1 is 0.372 bits per heavy atom. The van der Waals surface area contributed by atoms with Crippen molar-refractivity contribution in [2.45, 2.75) is 91.9 Å². The van der Waals surface area contributed by atoms with E-state index in [1.807, 2.05) is 11.8 Å². The van der Waals surface area contributed by atoms with Crippen LogP contribution in [0.2, 0.25) is 0 Å². The molecule has 2 atom stereocenters. The summed E-state index contributed by atoms with van der Waals surface area (Å²) in [7, 11) is 0. The summed E-state index contributed by atoms with van der Waals surface area (Å²) in [6.45, 7) is 14.4. The van der Waals surface area contributed by atoms with Gasteiger partial charge in [0.25, 0.3) is 0 Å². The van der Waals surface area contributed by atoms with Crippen molar-refractivity contribution in [2.75, 3.05) is 4.90 Å². The van der Waals surface area contributed by atoms with Crippen molar-refractivity contribution in [2.24, 2.45) is 5.41 Å². The monoisotopic (exact) mass is 1120 g/mol. The number of benzene rings is 11. The molecule has 0 N–H and O–H groups in total. The van der Waals surface area contributed by atoms with Crippen molar-refractivity contribution in [3.05, 3.63) is 349 Å². The molecule has 2 heteroatoms. The van der Waals surface area contributed by atoms with E-state index in [1.165, 1.54) is 155 Å². The summed E-state index contributed by atoms with van der Waals surface area (Å²) in [6.07, 6.45) is 4.80. The molecule has 2 unspecified atom stereocenters. The minimum absolute atomic E-state index is 0.0217. The van der Waals surface area contributed by atoms with E-state index in [0.717, 1.165) is 12.8 Å². The first-order chi connectivity index (χ1) is 41.9. The third-order valence-electron chi connectivity index (χ3n) is 21.1. The lowest BCUT2D eigenvalue weighted by Crippen LogP contribution is -2.34. The van der Waals surface area contributed by atoms with Gasteiger partial charge in [-0.15, -0.1) is 0 Å². The molecule has 412 valence electrons. The van der Waals surface area contributed by atoms with Crippen LogP contribution in [-0.2, 0) is 21.7 Å². The average Bonchev–Trinajstić information content (AvgIpc) is 1.50. The summed E-state index contributed by atoms with van der Waals surface area (Å²) >= 11 is 1.98. The van der Waals surface area contributed by atoms with E-state index in [9.17, 15) is 0 Å². The highest BCUT2D eigenvalue weighted by atomic mass is 32.2. The summed E-state index contributed by atoms with van der Waals surface area (Å²) in [5, 5.41) is 0. The third-order valence-corrected chi connectivity index (χ3v) is 22.3. The average molecular weight is 1120 g/mol. The molecular formula is C84H65NS. The summed E-state index contributed by atoms with van der Waals surface area (Å²) in [4.78, 5) is 5.50. The number of rotatable bonds is 5. The number of anilines is 2. The molecule has 11 aromatic rings. The second-order valence-corrected chi connectivity index (χ2v) is 28.3. The van der Waals surface area contributed by atoms with Crippen LogP contribution in [0.3, 0.4) is 0 Å². The molecule has 6 aliphatic carbocycles. The van der Waals surface area contributed by atoms with E-state index in [1.54, 1.807) is 0 Å². The van der Waals surface area contributed by atoms with Crippen molar-refractivity contribution >= 4 is 28.7 Å². The largest absolute Gasteiger partial charge is 0.330 e. The number of hydrogen-bond donors (Lipinski definition) is 0. The van der Waals surface area contributed by atoms with Crippen molar-refractivity contribution in [3.8, 4) is 33.4 Å². The Hall–Kier alpha value is -8.95. The van der Waals surface area contributed by atoms with Crippen LogP contribution in [-0.4, -0.2) is 0 Å². The Labute approximate surface area is 510 Å².